The van der Waals surface area contributed by atoms with Gasteiger partial charge in [-0.05, 0) is 49.1 Å². The second kappa shape index (κ2) is 9.20. The molecule has 4 rings (SSSR count). The van der Waals surface area contributed by atoms with Gasteiger partial charge in [0.15, 0.2) is 0 Å². The summed E-state index contributed by atoms with van der Waals surface area (Å²) in [6, 6.07) is 8.79. The van der Waals surface area contributed by atoms with Crippen LogP contribution in [0.3, 0.4) is 0 Å². The van der Waals surface area contributed by atoms with Gasteiger partial charge in [-0.2, -0.15) is 4.98 Å². The summed E-state index contributed by atoms with van der Waals surface area (Å²) in [5.74, 6) is 1.55. The number of aromatic nitrogens is 4. The molecule has 1 amide bonds. The number of anilines is 2. The average Bonchev–Trinajstić information content (AvgIpc) is 3.18. The highest BCUT2D eigenvalue weighted by molar-refractivity contribution is 8.14. The van der Waals surface area contributed by atoms with Crippen molar-refractivity contribution in [3.63, 3.8) is 0 Å². The first-order chi connectivity index (χ1) is 15.3. The molecule has 1 aliphatic rings. The zero-order chi connectivity index (χ0) is 22.8. The lowest BCUT2D eigenvalue weighted by molar-refractivity contribution is 0.263. The third-order valence-electron chi connectivity index (χ3n) is 5.52. The lowest BCUT2D eigenvalue weighted by Crippen LogP contribution is -2.38. The Labute approximate surface area is 190 Å². The van der Waals surface area contributed by atoms with E-state index in [-0.39, 0.29) is 23.1 Å². The summed E-state index contributed by atoms with van der Waals surface area (Å²) in [6.07, 6.45) is 3.19. The monoisotopic (exact) mass is 452 g/mol. The summed E-state index contributed by atoms with van der Waals surface area (Å²) in [4.78, 5) is 31.5. The minimum atomic E-state index is -0.221. The fraction of sp³-hybridized carbons (Fsp3) is 0.348. The normalized spacial score (nSPS) is 17.1. The van der Waals surface area contributed by atoms with E-state index in [9.17, 15) is 9.18 Å². The molecule has 0 radical (unpaired) electrons. The van der Waals surface area contributed by atoms with Crippen molar-refractivity contribution in [3.8, 4) is 11.1 Å². The first-order valence-electron chi connectivity index (χ1n) is 10.5. The van der Waals surface area contributed by atoms with Crippen LogP contribution in [0.25, 0.3) is 11.1 Å². The van der Waals surface area contributed by atoms with Crippen molar-refractivity contribution >= 4 is 28.9 Å². The number of halogens is 1. The third kappa shape index (κ3) is 4.57. The largest absolute Gasteiger partial charge is 0.346 e. The average molecular weight is 453 g/mol. The van der Waals surface area contributed by atoms with Gasteiger partial charge in [0.1, 0.15) is 12.1 Å². The highest BCUT2D eigenvalue weighted by Crippen LogP contribution is 2.32. The Morgan fingerprint density at radius 1 is 1.12 bits per heavy atom. The van der Waals surface area contributed by atoms with E-state index in [0.29, 0.717) is 23.4 Å². The Balaban J connectivity index is 1.49. The standard InChI is InChI=1S/C23H25FN6OS/c1-13(2)20-11-32-23(31)30(20)22-27-12-26-21(29-22)28-15(4)19-8-6-17(10-25-19)16-5-7-18(24)14(3)9-16/h5-10,12-13,15,20H,11H2,1-4H3,(H,26,27,28,29)/t15-,20?/m0/s1. The van der Waals surface area contributed by atoms with E-state index in [2.05, 4.69) is 39.1 Å². The lowest BCUT2D eigenvalue weighted by Gasteiger charge is -2.25. The predicted octanol–water partition coefficient (Wildman–Crippen LogP) is 5.25. The molecule has 32 heavy (non-hydrogen) atoms. The second-order valence-corrected chi connectivity index (χ2v) is 9.14. The van der Waals surface area contributed by atoms with Crippen molar-refractivity contribution in [3.05, 3.63) is 59.9 Å². The van der Waals surface area contributed by atoms with Crippen LogP contribution in [0.5, 0.6) is 0 Å². The molecule has 1 N–H and O–H groups in total. The molecule has 0 aliphatic carbocycles. The van der Waals surface area contributed by atoms with Gasteiger partial charge in [-0.1, -0.05) is 37.7 Å². The maximum atomic E-state index is 13.5. The fourth-order valence-corrected chi connectivity index (χ4v) is 4.76. The zero-order valence-corrected chi connectivity index (χ0v) is 19.2. The third-order valence-corrected chi connectivity index (χ3v) is 6.47. The number of aryl methyl sites for hydroxylation is 1. The van der Waals surface area contributed by atoms with Gasteiger partial charge >= 0.3 is 0 Å². The van der Waals surface area contributed by atoms with E-state index in [4.69, 9.17) is 0 Å². The minimum Gasteiger partial charge on any atom is -0.346 e. The molecule has 1 aromatic carbocycles. The Hall–Kier alpha value is -3.07. The smallest absolute Gasteiger partial charge is 0.288 e. The summed E-state index contributed by atoms with van der Waals surface area (Å²) >= 11 is 1.29. The van der Waals surface area contributed by atoms with Crippen LogP contribution in [-0.2, 0) is 0 Å². The number of benzene rings is 1. The van der Waals surface area contributed by atoms with E-state index in [1.165, 1.54) is 24.2 Å². The molecule has 0 bridgehead atoms. The predicted molar refractivity (Wildman–Crippen MR) is 125 cm³/mol. The number of thioether (sulfide) groups is 1. The molecule has 1 unspecified atom stereocenters. The fourth-order valence-electron chi connectivity index (χ4n) is 3.55. The van der Waals surface area contributed by atoms with Crippen molar-refractivity contribution < 1.29 is 9.18 Å². The van der Waals surface area contributed by atoms with Gasteiger partial charge in [-0.15, -0.1) is 0 Å². The lowest BCUT2D eigenvalue weighted by atomic mass is 10.0. The Morgan fingerprint density at radius 3 is 2.59 bits per heavy atom. The Morgan fingerprint density at radius 2 is 1.91 bits per heavy atom. The van der Waals surface area contributed by atoms with Crippen LogP contribution in [0.1, 0.15) is 38.1 Å². The van der Waals surface area contributed by atoms with Crippen LogP contribution in [0, 0.1) is 18.7 Å². The van der Waals surface area contributed by atoms with Gasteiger partial charge in [0.25, 0.3) is 5.24 Å². The summed E-state index contributed by atoms with van der Waals surface area (Å²) < 4.78 is 13.5. The van der Waals surface area contributed by atoms with Gasteiger partial charge in [0.2, 0.25) is 11.9 Å². The van der Waals surface area contributed by atoms with Crippen molar-refractivity contribution in [1.82, 2.24) is 19.9 Å². The van der Waals surface area contributed by atoms with E-state index in [0.717, 1.165) is 22.6 Å². The van der Waals surface area contributed by atoms with Crippen molar-refractivity contribution in [2.24, 2.45) is 5.92 Å². The summed E-state index contributed by atoms with van der Waals surface area (Å²) in [5.41, 5.74) is 3.24. The zero-order valence-electron chi connectivity index (χ0n) is 18.4. The number of amides is 1. The topological polar surface area (TPSA) is 83.9 Å². The molecule has 7 nitrogen and oxygen atoms in total. The van der Waals surface area contributed by atoms with E-state index >= 15 is 0 Å². The van der Waals surface area contributed by atoms with E-state index in [1.54, 1.807) is 24.1 Å². The quantitative estimate of drug-likeness (QED) is 0.547. The number of pyridine rings is 1. The molecule has 166 valence electrons. The van der Waals surface area contributed by atoms with Crippen molar-refractivity contribution in [1.29, 1.82) is 0 Å². The highest BCUT2D eigenvalue weighted by atomic mass is 32.2. The molecular formula is C23H25FN6OS. The molecule has 1 saturated heterocycles. The molecular weight excluding hydrogens is 427 g/mol. The van der Waals surface area contributed by atoms with Gasteiger partial charge in [0.05, 0.1) is 17.8 Å². The molecule has 1 fully saturated rings. The Bertz CT molecular complexity index is 1120. The molecule has 1 aliphatic heterocycles. The molecule has 0 saturated carbocycles. The van der Waals surface area contributed by atoms with Crippen molar-refractivity contribution in [2.75, 3.05) is 16.0 Å². The van der Waals surface area contributed by atoms with Crippen LogP contribution in [-0.4, -0.2) is 37.0 Å². The summed E-state index contributed by atoms with van der Waals surface area (Å²) in [5, 5.41) is 3.20. The van der Waals surface area contributed by atoms with E-state index < -0.39 is 0 Å². The van der Waals surface area contributed by atoms with Gasteiger partial charge in [-0.3, -0.25) is 14.7 Å². The number of nitrogens with one attached hydrogen (secondary N) is 1. The minimum absolute atomic E-state index is 0.0396. The first-order valence-corrected chi connectivity index (χ1v) is 11.5. The van der Waals surface area contributed by atoms with Gasteiger partial charge in [0, 0.05) is 17.5 Å². The van der Waals surface area contributed by atoms with Crippen LogP contribution in [0.15, 0.2) is 42.9 Å². The number of hydrogen-bond acceptors (Lipinski definition) is 7. The first kappa shape index (κ1) is 22.1. The summed E-state index contributed by atoms with van der Waals surface area (Å²) in [6.45, 7) is 7.87. The highest BCUT2D eigenvalue weighted by Gasteiger charge is 2.36. The SMILES string of the molecule is Cc1cc(-c2ccc([C@H](C)Nc3ncnc(N4C(=O)SCC4C(C)C)n3)nc2)ccc1F. The molecule has 9 heteroatoms. The molecule has 0 spiro atoms. The maximum absolute atomic E-state index is 13.5. The van der Waals surface area contributed by atoms with Gasteiger partial charge < -0.3 is 5.32 Å². The van der Waals surface area contributed by atoms with Crippen LogP contribution in [0.4, 0.5) is 21.1 Å². The number of carbonyl (C=O) groups excluding carboxylic acids is 1. The number of rotatable bonds is 6. The second-order valence-electron chi connectivity index (χ2n) is 8.17. The Kier molecular flexibility index (Phi) is 6.36. The van der Waals surface area contributed by atoms with E-state index in [1.807, 2.05) is 25.1 Å². The number of nitrogens with zero attached hydrogens (tertiary/aromatic N) is 5. The number of hydrogen-bond donors (Lipinski definition) is 1. The molecule has 3 heterocycles. The maximum Gasteiger partial charge on any atom is 0.288 e. The molecule has 2 atom stereocenters. The van der Waals surface area contributed by atoms with Crippen LogP contribution in [0.2, 0.25) is 0 Å². The number of carbonyl (C=O) groups is 1. The van der Waals surface area contributed by atoms with Crippen LogP contribution < -0.4 is 10.2 Å². The summed E-state index contributed by atoms with van der Waals surface area (Å²) in [7, 11) is 0. The van der Waals surface area contributed by atoms with Crippen molar-refractivity contribution in [2.45, 2.75) is 39.8 Å². The van der Waals surface area contributed by atoms with Gasteiger partial charge in [-0.25, -0.2) is 14.4 Å². The molecule has 2 aromatic heterocycles. The van der Waals surface area contributed by atoms with Crippen LogP contribution >= 0.6 is 11.8 Å². The molecule has 3 aromatic rings.